The Labute approximate surface area is 112 Å². The first-order valence-corrected chi connectivity index (χ1v) is 8.50. The van der Waals surface area contributed by atoms with Crippen LogP contribution in [0.15, 0.2) is 16.3 Å². The van der Waals surface area contributed by atoms with Crippen molar-refractivity contribution in [3.05, 3.63) is 17.0 Å². The molecule has 102 valence electrons. The Morgan fingerprint density at radius 1 is 1.39 bits per heavy atom. The fourth-order valence-electron chi connectivity index (χ4n) is 2.47. The van der Waals surface area contributed by atoms with E-state index in [4.69, 9.17) is 0 Å². The Morgan fingerprint density at radius 2 is 2.11 bits per heavy atom. The third kappa shape index (κ3) is 3.12. The van der Waals surface area contributed by atoms with E-state index < -0.39 is 10.0 Å². The molecule has 2 unspecified atom stereocenters. The quantitative estimate of drug-likeness (QED) is 0.868. The van der Waals surface area contributed by atoms with Gasteiger partial charge >= 0.3 is 0 Å². The zero-order valence-electron chi connectivity index (χ0n) is 10.4. The lowest BCUT2D eigenvalue weighted by Crippen LogP contribution is -2.31. The monoisotopic (exact) mass is 289 g/mol. The van der Waals surface area contributed by atoms with Crippen LogP contribution in [-0.2, 0) is 10.0 Å². The highest BCUT2D eigenvalue weighted by molar-refractivity contribution is 7.91. The highest BCUT2D eigenvalue weighted by atomic mass is 32.2. The van der Waals surface area contributed by atoms with Crippen LogP contribution >= 0.6 is 11.3 Å². The fourth-order valence-corrected chi connectivity index (χ4v) is 4.89. The number of hydrogen-bond acceptors (Lipinski definition) is 4. The molecule has 1 heterocycles. The van der Waals surface area contributed by atoms with Gasteiger partial charge < -0.3 is 5.11 Å². The molecule has 4 nitrogen and oxygen atoms in total. The van der Waals surface area contributed by atoms with Gasteiger partial charge in [-0.05, 0) is 43.7 Å². The first-order chi connectivity index (χ1) is 8.53. The minimum atomic E-state index is -3.37. The summed E-state index contributed by atoms with van der Waals surface area (Å²) in [6, 6.07) is 3.45. The van der Waals surface area contributed by atoms with Crippen molar-refractivity contribution in [2.45, 2.75) is 30.4 Å². The highest BCUT2D eigenvalue weighted by Crippen LogP contribution is 2.31. The summed E-state index contributed by atoms with van der Waals surface area (Å²) in [5.74, 6) is 0.517. The lowest BCUT2D eigenvalue weighted by atomic mass is 9.97. The Balaban J connectivity index is 1.97. The van der Waals surface area contributed by atoms with Gasteiger partial charge in [0.1, 0.15) is 4.21 Å². The third-order valence-electron chi connectivity index (χ3n) is 3.57. The van der Waals surface area contributed by atoms with E-state index in [2.05, 4.69) is 4.72 Å². The summed E-state index contributed by atoms with van der Waals surface area (Å²) in [4.78, 5) is 0.990. The summed E-state index contributed by atoms with van der Waals surface area (Å²) < 4.78 is 27.1. The highest BCUT2D eigenvalue weighted by Gasteiger charge is 2.28. The van der Waals surface area contributed by atoms with Crippen molar-refractivity contribution in [3.63, 3.8) is 0 Å². The first kappa shape index (κ1) is 14.0. The fraction of sp³-hybridized carbons (Fsp3) is 0.667. The zero-order chi connectivity index (χ0) is 13.2. The molecule has 0 bridgehead atoms. The zero-order valence-corrected chi connectivity index (χ0v) is 12.1. The summed E-state index contributed by atoms with van der Waals surface area (Å²) in [6.07, 6.45) is 3.08. The number of aliphatic hydroxyl groups excluding tert-OH is 1. The van der Waals surface area contributed by atoms with Gasteiger partial charge in [-0.15, -0.1) is 11.3 Å². The van der Waals surface area contributed by atoms with E-state index in [1.54, 1.807) is 6.07 Å². The molecule has 0 spiro atoms. The van der Waals surface area contributed by atoms with Crippen LogP contribution in [0.3, 0.4) is 0 Å². The van der Waals surface area contributed by atoms with Crippen LogP contribution in [-0.4, -0.2) is 26.7 Å². The molecular formula is C12H19NO3S2. The number of hydrogen-bond donors (Lipinski definition) is 2. The number of sulfonamides is 1. The number of aryl methyl sites for hydroxylation is 1. The van der Waals surface area contributed by atoms with E-state index in [9.17, 15) is 13.5 Å². The lowest BCUT2D eigenvalue weighted by molar-refractivity contribution is 0.195. The maximum absolute atomic E-state index is 12.0. The van der Waals surface area contributed by atoms with Gasteiger partial charge in [0, 0.05) is 18.0 Å². The van der Waals surface area contributed by atoms with E-state index in [0.717, 1.165) is 24.1 Å². The molecule has 1 aliphatic rings. The standard InChI is InChI=1S/C12H19NO3S2/c1-9-5-6-12(17-9)18(15,16)13-7-10-3-2-4-11(10)8-14/h5-6,10-11,13-14H,2-4,7-8H2,1H3. The SMILES string of the molecule is Cc1ccc(S(=O)(=O)NCC2CCCC2CO)s1. The van der Waals surface area contributed by atoms with E-state index in [1.807, 2.05) is 13.0 Å². The molecule has 1 fully saturated rings. The van der Waals surface area contributed by atoms with Gasteiger partial charge in [-0.2, -0.15) is 0 Å². The van der Waals surface area contributed by atoms with Crippen molar-refractivity contribution < 1.29 is 13.5 Å². The third-order valence-corrected chi connectivity index (χ3v) is 6.48. The van der Waals surface area contributed by atoms with Gasteiger partial charge in [0.05, 0.1) is 0 Å². The van der Waals surface area contributed by atoms with Crippen LogP contribution in [0.1, 0.15) is 24.1 Å². The van der Waals surface area contributed by atoms with Crippen molar-refractivity contribution in [1.82, 2.24) is 4.72 Å². The van der Waals surface area contributed by atoms with Crippen molar-refractivity contribution >= 4 is 21.4 Å². The van der Waals surface area contributed by atoms with Gasteiger partial charge in [0.15, 0.2) is 0 Å². The first-order valence-electron chi connectivity index (χ1n) is 6.20. The van der Waals surface area contributed by atoms with E-state index in [-0.39, 0.29) is 18.4 Å². The second-order valence-electron chi connectivity index (χ2n) is 4.85. The van der Waals surface area contributed by atoms with E-state index in [0.29, 0.717) is 10.8 Å². The largest absolute Gasteiger partial charge is 0.396 e. The predicted octanol–water partition coefficient (Wildman–Crippen LogP) is 1.74. The number of aliphatic hydroxyl groups is 1. The molecule has 1 aliphatic carbocycles. The molecule has 1 aromatic heterocycles. The van der Waals surface area contributed by atoms with Gasteiger partial charge in [0.2, 0.25) is 10.0 Å². The molecule has 1 saturated carbocycles. The van der Waals surface area contributed by atoms with Crippen molar-refractivity contribution in [2.24, 2.45) is 11.8 Å². The molecular weight excluding hydrogens is 270 g/mol. The minimum absolute atomic E-state index is 0.157. The van der Waals surface area contributed by atoms with Crippen molar-refractivity contribution in [1.29, 1.82) is 0 Å². The molecule has 6 heteroatoms. The van der Waals surface area contributed by atoms with Crippen LogP contribution in [0, 0.1) is 18.8 Å². The van der Waals surface area contributed by atoms with Crippen LogP contribution in [0.5, 0.6) is 0 Å². The summed E-state index contributed by atoms with van der Waals surface area (Å²) in [5, 5.41) is 9.21. The van der Waals surface area contributed by atoms with Crippen molar-refractivity contribution in [2.75, 3.05) is 13.2 Å². The van der Waals surface area contributed by atoms with Crippen LogP contribution in [0.25, 0.3) is 0 Å². The topological polar surface area (TPSA) is 66.4 Å². The lowest BCUT2D eigenvalue weighted by Gasteiger charge is -2.17. The average Bonchev–Trinajstić information content (AvgIpc) is 2.94. The second kappa shape index (κ2) is 5.69. The molecule has 18 heavy (non-hydrogen) atoms. The molecule has 0 saturated heterocycles. The molecule has 0 amide bonds. The minimum Gasteiger partial charge on any atom is -0.396 e. The molecule has 2 atom stereocenters. The Hall–Kier alpha value is -0.430. The molecule has 2 N–H and O–H groups in total. The maximum Gasteiger partial charge on any atom is 0.250 e. The summed E-state index contributed by atoms with van der Waals surface area (Å²) in [6.45, 7) is 2.48. The maximum atomic E-state index is 12.0. The van der Waals surface area contributed by atoms with Crippen molar-refractivity contribution in [3.8, 4) is 0 Å². The van der Waals surface area contributed by atoms with Gasteiger partial charge in [-0.25, -0.2) is 13.1 Å². The molecule has 0 radical (unpaired) electrons. The molecule has 0 aliphatic heterocycles. The van der Waals surface area contributed by atoms with Crippen LogP contribution < -0.4 is 4.72 Å². The average molecular weight is 289 g/mol. The van der Waals surface area contributed by atoms with Gasteiger partial charge in [-0.1, -0.05) is 6.42 Å². The Kier molecular flexibility index (Phi) is 4.42. The molecule has 0 aromatic carbocycles. The van der Waals surface area contributed by atoms with E-state index >= 15 is 0 Å². The predicted molar refractivity (Wildman–Crippen MR) is 72.2 cm³/mol. The normalized spacial score (nSPS) is 24.6. The second-order valence-corrected chi connectivity index (χ2v) is 8.13. The van der Waals surface area contributed by atoms with E-state index in [1.165, 1.54) is 11.3 Å². The smallest absolute Gasteiger partial charge is 0.250 e. The number of rotatable bonds is 5. The number of nitrogens with one attached hydrogen (secondary N) is 1. The number of thiophene rings is 1. The molecule has 2 rings (SSSR count). The summed E-state index contributed by atoms with van der Waals surface area (Å²) in [7, 11) is -3.37. The van der Waals surface area contributed by atoms with Crippen LogP contribution in [0.2, 0.25) is 0 Å². The summed E-state index contributed by atoms with van der Waals surface area (Å²) >= 11 is 1.28. The Bertz CT molecular complexity index is 495. The van der Waals surface area contributed by atoms with Gasteiger partial charge in [0.25, 0.3) is 0 Å². The summed E-state index contributed by atoms with van der Waals surface area (Å²) in [5.41, 5.74) is 0. The molecule has 1 aromatic rings. The van der Waals surface area contributed by atoms with Crippen LogP contribution in [0.4, 0.5) is 0 Å². The Morgan fingerprint density at radius 3 is 2.72 bits per heavy atom. The van der Waals surface area contributed by atoms with Gasteiger partial charge in [-0.3, -0.25) is 0 Å².